The molecule has 2 aromatic rings. The van der Waals surface area contributed by atoms with Gasteiger partial charge in [-0.1, -0.05) is 95.4 Å². The summed E-state index contributed by atoms with van der Waals surface area (Å²) in [6.07, 6.45) is 16.1. The van der Waals surface area contributed by atoms with Gasteiger partial charge in [0.1, 0.15) is 5.76 Å². The van der Waals surface area contributed by atoms with Gasteiger partial charge in [-0.2, -0.15) is 0 Å². The van der Waals surface area contributed by atoms with Crippen molar-refractivity contribution in [1.82, 2.24) is 5.32 Å². The van der Waals surface area contributed by atoms with Crippen LogP contribution in [-0.4, -0.2) is 12.5 Å². The van der Waals surface area contributed by atoms with Crippen LogP contribution >= 0.6 is 0 Å². The van der Waals surface area contributed by atoms with Gasteiger partial charge in [0.25, 0.3) is 5.91 Å². The van der Waals surface area contributed by atoms with Crippen molar-refractivity contribution >= 4 is 22.8 Å². The highest BCUT2D eigenvalue weighted by molar-refractivity contribution is 6.07. The summed E-state index contributed by atoms with van der Waals surface area (Å²) in [6.45, 7) is 14.3. The molecule has 1 aromatic carbocycles. The van der Waals surface area contributed by atoms with Gasteiger partial charge in [0.2, 0.25) is 0 Å². The zero-order valence-electron chi connectivity index (χ0n) is 22.8. The molecule has 0 bridgehead atoms. The second kappa shape index (κ2) is 12.4. The third-order valence-corrected chi connectivity index (χ3v) is 7.63. The summed E-state index contributed by atoms with van der Waals surface area (Å²) in [4.78, 5) is 12.9. The van der Waals surface area contributed by atoms with E-state index in [-0.39, 0.29) is 11.3 Å². The number of carbonyl (C=O) groups excluding carboxylic acids is 1. The highest BCUT2D eigenvalue weighted by Crippen LogP contribution is 2.41. The summed E-state index contributed by atoms with van der Waals surface area (Å²) in [6, 6.07) is 7.97. The van der Waals surface area contributed by atoms with Crippen LogP contribution in [0.1, 0.15) is 109 Å². The zero-order chi connectivity index (χ0) is 25.4. The van der Waals surface area contributed by atoms with Gasteiger partial charge in [-0.05, 0) is 68.1 Å². The Morgan fingerprint density at radius 1 is 1.17 bits per heavy atom. The maximum absolute atomic E-state index is 12.9. The summed E-state index contributed by atoms with van der Waals surface area (Å²) in [5.41, 5.74) is 4.27. The maximum Gasteiger partial charge on any atom is 0.287 e. The number of fused-ring (bicyclic) bond motifs is 1. The van der Waals surface area contributed by atoms with Crippen LogP contribution in [0.3, 0.4) is 0 Å². The van der Waals surface area contributed by atoms with E-state index in [4.69, 9.17) is 4.42 Å². The molecule has 1 unspecified atom stereocenters. The van der Waals surface area contributed by atoms with Crippen LogP contribution in [0.4, 0.5) is 0 Å². The average molecular weight is 476 g/mol. The molecule has 1 aromatic heterocycles. The first kappa shape index (κ1) is 27.0. The third-order valence-electron chi connectivity index (χ3n) is 7.63. The zero-order valence-corrected chi connectivity index (χ0v) is 22.8. The highest BCUT2D eigenvalue weighted by atomic mass is 16.4. The monoisotopic (exact) mass is 475 g/mol. The molecule has 0 fully saturated rings. The SMILES string of the molecule is CCC(C)CCCCCNC(=O)c1oc(C=C(C)C=CC2=C(C)CCCC2(C)C)c2ccccc12. The minimum atomic E-state index is -0.124. The van der Waals surface area contributed by atoms with Gasteiger partial charge in [0.05, 0.1) is 0 Å². The average Bonchev–Trinajstić information content (AvgIpc) is 3.18. The molecule has 35 heavy (non-hydrogen) atoms. The number of hydrogen-bond donors (Lipinski definition) is 1. The summed E-state index contributed by atoms with van der Waals surface area (Å²) < 4.78 is 6.14. The number of unbranched alkanes of at least 4 members (excludes halogenated alkanes) is 2. The Hall–Kier alpha value is -2.55. The van der Waals surface area contributed by atoms with Crippen molar-refractivity contribution in [3.63, 3.8) is 0 Å². The van der Waals surface area contributed by atoms with Crippen LogP contribution in [0.15, 0.2) is 57.6 Å². The Kier molecular flexibility index (Phi) is 9.60. The fourth-order valence-electron chi connectivity index (χ4n) is 5.15. The van der Waals surface area contributed by atoms with Gasteiger partial charge < -0.3 is 9.73 Å². The second-order valence-corrected chi connectivity index (χ2v) is 11.1. The van der Waals surface area contributed by atoms with E-state index in [2.05, 4.69) is 65.1 Å². The smallest absolute Gasteiger partial charge is 0.287 e. The number of nitrogens with one attached hydrogen (secondary N) is 1. The first-order chi connectivity index (χ1) is 16.7. The van der Waals surface area contributed by atoms with E-state index in [1.54, 1.807) is 0 Å². The van der Waals surface area contributed by atoms with Crippen LogP contribution < -0.4 is 5.32 Å². The van der Waals surface area contributed by atoms with Crippen molar-refractivity contribution in [1.29, 1.82) is 0 Å². The summed E-state index contributed by atoms with van der Waals surface area (Å²) in [5.74, 6) is 1.82. The Morgan fingerprint density at radius 2 is 1.91 bits per heavy atom. The van der Waals surface area contributed by atoms with Crippen molar-refractivity contribution in [2.45, 2.75) is 92.9 Å². The molecule has 1 aliphatic rings. The van der Waals surface area contributed by atoms with E-state index in [1.807, 2.05) is 24.3 Å². The van der Waals surface area contributed by atoms with E-state index in [0.717, 1.165) is 40.9 Å². The number of benzene rings is 1. The molecule has 3 nitrogen and oxygen atoms in total. The van der Waals surface area contributed by atoms with Crippen LogP contribution in [0, 0.1) is 11.3 Å². The molecule has 0 saturated heterocycles. The predicted molar refractivity (Wildman–Crippen MR) is 150 cm³/mol. The molecule has 0 aliphatic heterocycles. The molecule has 190 valence electrons. The Labute approximate surface area is 212 Å². The summed E-state index contributed by atoms with van der Waals surface area (Å²) in [5, 5.41) is 4.92. The quantitative estimate of drug-likeness (QED) is 0.260. The number of hydrogen-bond acceptors (Lipinski definition) is 2. The van der Waals surface area contributed by atoms with Crippen molar-refractivity contribution < 1.29 is 9.21 Å². The lowest BCUT2D eigenvalue weighted by molar-refractivity contribution is 0.0927. The van der Waals surface area contributed by atoms with E-state index in [9.17, 15) is 4.79 Å². The lowest BCUT2D eigenvalue weighted by Gasteiger charge is -2.32. The molecule has 1 N–H and O–H groups in total. The van der Waals surface area contributed by atoms with Crippen molar-refractivity contribution in [2.24, 2.45) is 11.3 Å². The number of furan rings is 1. The molecule has 1 heterocycles. The minimum absolute atomic E-state index is 0.124. The Morgan fingerprint density at radius 3 is 2.63 bits per heavy atom. The fourth-order valence-corrected chi connectivity index (χ4v) is 5.15. The number of amides is 1. The molecule has 1 atom stereocenters. The largest absolute Gasteiger partial charge is 0.450 e. The lowest BCUT2D eigenvalue weighted by Crippen LogP contribution is -2.24. The van der Waals surface area contributed by atoms with Gasteiger partial charge >= 0.3 is 0 Å². The molecule has 3 rings (SSSR count). The fraction of sp³-hybridized carbons (Fsp3) is 0.531. The van der Waals surface area contributed by atoms with Crippen LogP contribution in [0.2, 0.25) is 0 Å². The highest BCUT2D eigenvalue weighted by Gasteiger charge is 2.26. The summed E-state index contributed by atoms with van der Waals surface area (Å²) >= 11 is 0. The predicted octanol–water partition coefficient (Wildman–Crippen LogP) is 9.26. The van der Waals surface area contributed by atoms with Gasteiger partial charge in [0.15, 0.2) is 5.76 Å². The molecule has 1 amide bonds. The van der Waals surface area contributed by atoms with Crippen molar-refractivity contribution in [2.75, 3.05) is 6.54 Å². The lowest BCUT2D eigenvalue weighted by atomic mass is 9.72. The van der Waals surface area contributed by atoms with E-state index < -0.39 is 0 Å². The first-order valence-corrected chi connectivity index (χ1v) is 13.6. The maximum atomic E-state index is 12.9. The molecule has 0 radical (unpaired) electrons. The van der Waals surface area contributed by atoms with Crippen LogP contribution in [0.25, 0.3) is 16.8 Å². The first-order valence-electron chi connectivity index (χ1n) is 13.6. The summed E-state index contributed by atoms with van der Waals surface area (Å²) in [7, 11) is 0. The van der Waals surface area contributed by atoms with Gasteiger partial charge in [-0.15, -0.1) is 0 Å². The number of carbonyl (C=O) groups is 1. The van der Waals surface area contributed by atoms with Crippen molar-refractivity contribution in [3.05, 3.63) is 64.7 Å². The van der Waals surface area contributed by atoms with Crippen molar-refractivity contribution in [3.8, 4) is 0 Å². The van der Waals surface area contributed by atoms with E-state index in [1.165, 1.54) is 49.7 Å². The van der Waals surface area contributed by atoms with Gasteiger partial charge in [0, 0.05) is 17.3 Å². The van der Waals surface area contributed by atoms with E-state index >= 15 is 0 Å². The molecule has 0 saturated carbocycles. The minimum Gasteiger partial charge on any atom is -0.450 e. The topological polar surface area (TPSA) is 42.2 Å². The normalized spacial score (nSPS) is 17.4. The Balaban J connectivity index is 1.70. The van der Waals surface area contributed by atoms with Crippen LogP contribution in [-0.2, 0) is 0 Å². The second-order valence-electron chi connectivity index (χ2n) is 11.1. The molecule has 3 heteroatoms. The molecular weight excluding hydrogens is 430 g/mol. The molecule has 0 spiro atoms. The standard InChI is InChI=1S/C32H45NO2/c1-7-23(2)14-9-8-12-21-33-31(34)30-27-17-11-10-16-26(27)29(35-30)22-24(3)18-19-28-25(4)15-13-20-32(28,5)6/h10-11,16-19,22-23H,7-9,12-15,20-21H2,1-6H3,(H,33,34). The molecule has 1 aliphatic carbocycles. The third kappa shape index (κ3) is 7.22. The van der Waals surface area contributed by atoms with Crippen LogP contribution in [0.5, 0.6) is 0 Å². The number of rotatable bonds is 11. The van der Waals surface area contributed by atoms with E-state index in [0.29, 0.717) is 12.3 Å². The number of allylic oxidation sites excluding steroid dienone is 5. The molecular formula is C32H45NO2. The van der Waals surface area contributed by atoms with Gasteiger partial charge in [-0.25, -0.2) is 0 Å². The van der Waals surface area contributed by atoms with Gasteiger partial charge in [-0.3, -0.25) is 4.79 Å². The Bertz CT molecular complexity index is 1100.